The van der Waals surface area contributed by atoms with Gasteiger partial charge in [-0.05, 0) is 0 Å². The molecule has 0 spiro atoms. The Hall–Kier alpha value is -0.320. The number of ketones is 1. The molecule has 0 fully saturated rings. The van der Waals surface area contributed by atoms with Gasteiger partial charge in [-0.2, -0.15) is 0 Å². The van der Waals surface area contributed by atoms with Crippen molar-refractivity contribution in [3.8, 4) is 0 Å². The summed E-state index contributed by atoms with van der Waals surface area (Å²) in [4.78, 5) is 11.0. The van der Waals surface area contributed by atoms with Crippen LogP contribution >= 0.6 is 0 Å². The van der Waals surface area contributed by atoms with Crippen LogP contribution in [0.15, 0.2) is 30.3 Å². The molecule has 0 aliphatic rings. The Kier molecular flexibility index (Phi) is 2.92. The molecule has 1 rings (SSSR count). The van der Waals surface area contributed by atoms with Crippen molar-refractivity contribution < 1.29 is 4.79 Å². The van der Waals surface area contributed by atoms with E-state index in [0.29, 0.717) is 4.47 Å². The topological polar surface area (TPSA) is 17.1 Å². The van der Waals surface area contributed by atoms with Crippen LogP contribution in [0.4, 0.5) is 0 Å². The fourth-order valence-corrected chi connectivity index (χ4v) is 1.24. The van der Waals surface area contributed by atoms with Crippen molar-refractivity contribution in [3.63, 3.8) is 0 Å². The first-order chi connectivity index (χ1) is 4.84. The zero-order valence-corrected chi connectivity index (χ0v) is 8.00. The van der Waals surface area contributed by atoms with E-state index >= 15 is 0 Å². The summed E-state index contributed by atoms with van der Waals surface area (Å²) in [5.41, 5.74) is 0.823. The molecule has 1 aromatic carbocycles. The van der Waals surface area contributed by atoms with Crippen molar-refractivity contribution in [3.05, 3.63) is 35.9 Å². The molecule has 0 aliphatic carbocycles. The van der Waals surface area contributed by atoms with E-state index in [1.165, 1.54) is 0 Å². The Labute approximate surface area is 73.3 Å². The molecular formula is C8H8OTe. The summed E-state index contributed by atoms with van der Waals surface area (Å²) < 4.78 is 0.637. The minimum absolute atomic E-state index is 0.231. The van der Waals surface area contributed by atoms with Gasteiger partial charge in [0.05, 0.1) is 0 Å². The molecular weight excluding hydrogens is 240 g/mol. The van der Waals surface area contributed by atoms with Gasteiger partial charge in [0, 0.05) is 0 Å². The Balaban J connectivity index is 2.85. The molecule has 0 bridgehead atoms. The minimum atomic E-state index is 0.231. The zero-order chi connectivity index (χ0) is 7.40. The molecule has 1 aromatic rings. The van der Waals surface area contributed by atoms with Gasteiger partial charge in [0.15, 0.2) is 0 Å². The Morgan fingerprint density at radius 1 is 1.30 bits per heavy atom. The third kappa shape index (κ3) is 1.83. The normalized spacial score (nSPS) is 9.30. The Morgan fingerprint density at radius 3 is 2.40 bits per heavy atom. The van der Waals surface area contributed by atoms with Gasteiger partial charge in [0.2, 0.25) is 0 Å². The number of carbonyl (C=O) groups is 1. The molecule has 0 heterocycles. The standard InChI is InChI=1S/C8H8OTe/c9-8(6-10)7-4-2-1-3-5-7/h1-5,10H,6H2. The van der Waals surface area contributed by atoms with Crippen LogP contribution in [0.5, 0.6) is 0 Å². The van der Waals surface area contributed by atoms with Crippen molar-refractivity contribution >= 4 is 28.1 Å². The molecule has 0 aliphatic heterocycles. The number of Topliss-reactive ketones (excluding diaryl/α,β-unsaturated/α-hetero) is 1. The zero-order valence-electron chi connectivity index (χ0n) is 5.45. The third-order valence-electron chi connectivity index (χ3n) is 1.24. The van der Waals surface area contributed by atoms with E-state index < -0.39 is 0 Å². The van der Waals surface area contributed by atoms with Crippen LogP contribution in [-0.4, -0.2) is 28.1 Å². The predicted octanol–water partition coefficient (Wildman–Crippen LogP) is 1.19. The summed E-state index contributed by atoms with van der Waals surface area (Å²) >= 11 is 1.54. The molecule has 0 N–H and O–H groups in total. The molecule has 1 nitrogen and oxygen atoms in total. The molecule has 2 heteroatoms. The molecule has 0 radical (unpaired) electrons. The second-order valence-electron chi connectivity index (χ2n) is 1.95. The second-order valence-corrected chi connectivity index (χ2v) is 2.85. The molecule has 52 valence electrons. The summed E-state index contributed by atoms with van der Waals surface area (Å²) in [5, 5.41) is 0. The van der Waals surface area contributed by atoms with Crippen LogP contribution in [0.2, 0.25) is 4.47 Å². The fourth-order valence-electron chi connectivity index (χ4n) is 0.715. The van der Waals surface area contributed by atoms with Gasteiger partial charge in [-0.25, -0.2) is 0 Å². The summed E-state index contributed by atoms with van der Waals surface area (Å²) in [6.45, 7) is 0. The van der Waals surface area contributed by atoms with Crippen LogP contribution in [0.25, 0.3) is 0 Å². The Bertz CT molecular complexity index is 218. The van der Waals surface area contributed by atoms with E-state index in [1.807, 2.05) is 30.3 Å². The van der Waals surface area contributed by atoms with Crippen LogP contribution in [0.1, 0.15) is 10.4 Å². The van der Waals surface area contributed by atoms with Crippen LogP contribution in [0, 0.1) is 0 Å². The van der Waals surface area contributed by atoms with Crippen molar-refractivity contribution in [2.45, 2.75) is 4.47 Å². The number of rotatable bonds is 2. The summed E-state index contributed by atoms with van der Waals surface area (Å²) in [5.74, 6) is 0.231. The van der Waals surface area contributed by atoms with E-state index in [2.05, 4.69) is 0 Å². The van der Waals surface area contributed by atoms with Crippen molar-refractivity contribution in [1.82, 2.24) is 0 Å². The van der Waals surface area contributed by atoms with E-state index in [0.717, 1.165) is 5.56 Å². The second kappa shape index (κ2) is 3.75. The van der Waals surface area contributed by atoms with E-state index in [-0.39, 0.29) is 5.78 Å². The third-order valence-corrected chi connectivity index (χ3v) is 2.06. The van der Waals surface area contributed by atoms with Gasteiger partial charge in [0.1, 0.15) is 0 Å². The molecule has 0 saturated carbocycles. The molecule has 0 aromatic heterocycles. The Morgan fingerprint density at radius 2 is 1.90 bits per heavy atom. The summed E-state index contributed by atoms with van der Waals surface area (Å²) in [7, 11) is 0. The fraction of sp³-hybridized carbons (Fsp3) is 0.125. The van der Waals surface area contributed by atoms with Gasteiger partial charge in [-0.15, -0.1) is 0 Å². The molecule has 10 heavy (non-hydrogen) atoms. The van der Waals surface area contributed by atoms with Gasteiger partial charge < -0.3 is 0 Å². The van der Waals surface area contributed by atoms with Crippen molar-refractivity contribution in [1.29, 1.82) is 0 Å². The summed E-state index contributed by atoms with van der Waals surface area (Å²) in [6.07, 6.45) is 0. The number of hydrogen-bond acceptors (Lipinski definition) is 1. The van der Waals surface area contributed by atoms with Gasteiger partial charge >= 0.3 is 73.2 Å². The average Bonchev–Trinajstić information content (AvgIpc) is 2.05. The van der Waals surface area contributed by atoms with Crippen molar-refractivity contribution in [2.24, 2.45) is 0 Å². The average molecular weight is 248 g/mol. The molecule has 0 saturated heterocycles. The van der Waals surface area contributed by atoms with E-state index in [1.54, 1.807) is 22.3 Å². The summed E-state index contributed by atoms with van der Waals surface area (Å²) in [6, 6.07) is 9.37. The van der Waals surface area contributed by atoms with E-state index in [4.69, 9.17) is 0 Å². The SMILES string of the molecule is O=C(C[TeH])c1ccccc1. The maximum absolute atomic E-state index is 11.0. The van der Waals surface area contributed by atoms with Crippen molar-refractivity contribution in [2.75, 3.05) is 0 Å². The van der Waals surface area contributed by atoms with Gasteiger partial charge in [0.25, 0.3) is 0 Å². The first-order valence-electron chi connectivity index (χ1n) is 3.03. The van der Waals surface area contributed by atoms with Crippen LogP contribution in [0.3, 0.4) is 0 Å². The monoisotopic (exact) mass is 250 g/mol. The maximum atomic E-state index is 11.0. The molecule has 0 amide bonds. The van der Waals surface area contributed by atoms with Crippen LogP contribution in [-0.2, 0) is 0 Å². The first kappa shape index (κ1) is 7.78. The molecule has 0 unspecified atom stereocenters. The van der Waals surface area contributed by atoms with Gasteiger partial charge in [-0.1, -0.05) is 0 Å². The number of carbonyl (C=O) groups excluding carboxylic acids is 1. The first-order valence-corrected chi connectivity index (χ1v) is 4.84. The molecule has 0 atom stereocenters. The van der Waals surface area contributed by atoms with Crippen LogP contribution < -0.4 is 0 Å². The predicted molar refractivity (Wildman–Crippen MR) is 42.7 cm³/mol. The quantitative estimate of drug-likeness (QED) is 0.567. The number of benzene rings is 1. The van der Waals surface area contributed by atoms with E-state index in [9.17, 15) is 4.79 Å². The number of hydrogen-bond donors (Lipinski definition) is 0. The van der Waals surface area contributed by atoms with Gasteiger partial charge in [-0.3, -0.25) is 0 Å².